The van der Waals surface area contributed by atoms with Crippen molar-refractivity contribution in [2.45, 2.75) is 18.2 Å². The molecule has 32 heavy (non-hydrogen) atoms. The number of aryl methyl sites for hydroxylation is 1. The minimum absolute atomic E-state index is 0.0546. The maximum Gasteiger partial charge on any atom is 0.261 e. The molecule has 168 valence electrons. The van der Waals surface area contributed by atoms with Crippen LogP contribution < -0.4 is 14.8 Å². The minimum atomic E-state index is -3.88. The van der Waals surface area contributed by atoms with Crippen molar-refractivity contribution in [1.29, 1.82) is 0 Å². The maximum absolute atomic E-state index is 13.4. The first-order chi connectivity index (χ1) is 15.2. The second-order valence-corrected chi connectivity index (χ2v) is 8.69. The van der Waals surface area contributed by atoms with Crippen molar-refractivity contribution in [3.05, 3.63) is 89.5 Å². The van der Waals surface area contributed by atoms with Crippen LogP contribution in [-0.4, -0.2) is 27.5 Å². The van der Waals surface area contributed by atoms with Gasteiger partial charge in [0.25, 0.3) is 15.9 Å². The molecule has 0 spiro atoms. The van der Waals surface area contributed by atoms with Gasteiger partial charge in [0, 0.05) is 17.8 Å². The van der Waals surface area contributed by atoms with E-state index in [1.165, 1.54) is 67.6 Å². The Morgan fingerprint density at radius 2 is 1.66 bits per heavy atom. The van der Waals surface area contributed by atoms with Crippen LogP contribution in [0, 0.1) is 18.6 Å². The molecule has 3 aromatic rings. The van der Waals surface area contributed by atoms with Crippen LogP contribution in [-0.2, 0) is 10.0 Å². The third kappa shape index (κ3) is 6.27. The van der Waals surface area contributed by atoms with Crippen molar-refractivity contribution >= 4 is 21.6 Å². The van der Waals surface area contributed by atoms with Crippen LogP contribution in [0.5, 0.6) is 5.75 Å². The van der Waals surface area contributed by atoms with Crippen LogP contribution in [0.1, 0.15) is 22.3 Å². The van der Waals surface area contributed by atoms with E-state index in [-0.39, 0.29) is 27.9 Å². The van der Waals surface area contributed by atoms with Crippen LogP contribution in [0.15, 0.2) is 71.6 Å². The molecule has 0 unspecified atom stereocenters. The van der Waals surface area contributed by atoms with E-state index in [2.05, 4.69) is 10.0 Å². The Morgan fingerprint density at radius 3 is 2.31 bits per heavy atom. The van der Waals surface area contributed by atoms with Crippen LogP contribution in [0.2, 0.25) is 0 Å². The van der Waals surface area contributed by atoms with Gasteiger partial charge in [0.05, 0.1) is 11.5 Å². The Bertz CT molecular complexity index is 1180. The van der Waals surface area contributed by atoms with E-state index < -0.39 is 15.8 Å². The van der Waals surface area contributed by atoms with E-state index >= 15 is 0 Å². The number of ether oxygens (including phenoxy) is 1. The first-order valence-corrected chi connectivity index (χ1v) is 11.3. The Labute approximate surface area is 185 Å². The Kier molecular flexibility index (Phi) is 7.42. The maximum atomic E-state index is 13.4. The molecular weight excluding hydrogens is 438 g/mol. The highest BCUT2D eigenvalue weighted by molar-refractivity contribution is 7.92. The summed E-state index contributed by atoms with van der Waals surface area (Å²) in [4.78, 5) is 12.2. The van der Waals surface area contributed by atoms with Crippen molar-refractivity contribution in [1.82, 2.24) is 5.32 Å². The van der Waals surface area contributed by atoms with E-state index in [4.69, 9.17) is 4.74 Å². The lowest BCUT2D eigenvalue weighted by Crippen LogP contribution is -2.25. The highest BCUT2D eigenvalue weighted by Gasteiger charge is 2.16. The fourth-order valence-electron chi connectivity index (χ4n) is 2.79. The highest BCUT2D eigenvalue weighted by atomic mass is 32.2. The van der Waals surface area contributed by atoms with Crippen LogP contribution in [0.3, 0.4) is 0 Å². The topological polar surface area (TPSA) is 84.5 Å². The second-order valence-electron chi connectivity index (χ2n) is 7.01. The largest absolute Gasteiger partial charge is 0.494 e. The number of rotatable bonds is 9. The molecule has 0 bridgehead atoms. The van der Waals surface area contributed by atoms with Gasteiger partial charge >= 0.3 is 0 Å². The number of sulfonamides is 1. The van der Waals surface area contributed by atoms with E-state index in [0.717, 1.165) is 6.07 Å². The number of benzene rings is 3. The quantitative estimate of drug-likeness (QED) is 0.467. The summed E-state index contributed by atoms with van der Waals surface area (Å²) in [6.45, 7) is 2.21. The molecule has 0 aliphatic rings. The third-order valence-electron chi connectivity index (χ3n) is 4.53. The van der Waals surface area contributed by atoms with Crippen LogP contribution in [0.25, 0.3) is 0 Å². The molecule has 2 N–H and O–H groups in total. The van der Waals surface area contributed by atoms with Gasteiger partial charge in [-0.2, -0.15) is 0 Å². The summed E-state index contributed by atoms with van der Waals surface area (Å²) in [5.41, 5.74) is 0.865. The number of hydrogen-bond donors (Lipinski definition) is 2. The van der Waals surface area contributed by atoms with Crippen LogP contribution >= 0.6 is 0 Å². The number of anilines is 1. The Morgan fingerprint density at radius 1 is 0.969 bits per heavy atom. The van der Waals surface area contributed by atoms with Gasteiger partial charge < -0.3 is 10.1 Å². The molecule has 0 aliphatic carbocycles. The number of hydrogen-bond acceptors (Lipinski definition) is 4. The van der Waals surface area contributed by atoms with E-state index in [1.807, 2.05) is 0 Å². The number of carbonyl (C=O) groups excluding carboxylic acids is 1. The van der Waals surface area contributed by atoms with Crippen molar-refractivity contribution < 1.29 is 26.7 Å². The molecule has 0 heterocycles. The monoisotopic (exact) mass is 460 g/mol. The van der Waals surface area contributed by atoms with Gasteiger partial charge in [0.1, 0.15) is 17.4 Å². The lowest BCUT2D eigenvalue weighted by molar-refractivity contribution is 0.0951. The summed E-state index contributed by atoms with van der Waals surface area (Å²) in [5.74, 6) is -0.586. The zero-order valence-electron chi connectivity index (χ0n) is 17.3. The molecule has 9 heteroatoms. The highest BCUT2D eigenvalue weighted by Crippen LogP contribution is 2.19. The first kappa shape index (κ1) is 23.2. The smallest absolute Gasteiger partial charge is 0.261 e. The molecule has 3 rings (SSSR count). The average molecular weight is 461 g/mol. The molecular formula is C23H22F2N2O4S. The molecule has 1 amide bonds. The molecule has 0 saturated carbocycles. The third-order valence-corrected chi connectivity index (χ3v) is 5.91. The normalized spacial score (nSPS) is 11.1. The number of carbonyl (C=O) groups is 1. The molecule has 0 aliphatic heterocycles. The fraction of sp³-hybridized carbons (Fsp3) is 0.174. The zero-order chi connectivity index (χ0) is 23.1. The SMILES string of the molecule is Cc1cc(S(=O)(=O)Nc2ccc(C(=O)NCCCOc3ccc(F)cc3)cc2)ccc1F. The van der Waals surface area contributed by atoms with Gasteiger partial charge in [-0.25, -0.2) is 17.2 Å². The van der Waals surface area contributed by atoms with E-state index in [9.17, 15) is 22.0 Å². The van der Waals surface area contributed by atoms with Crippen molar-refractivity contribution in [2.75, 3.05) is 17.9 Å². The average Bonchev–Trinajstić information content (AvgIpc) is 2.76. The summed E-state index contributed by atoms with van der Waals surface area (Å²) < 4.78 is 59.0. The predicted octanol–water partition coefficient (Wildman–Crippen LogP) is 4.27. The molecule has 3 aromatic carbocycles. The van der Waals surface area contributed by atoms with Gasteiger partial charge in [-0.15, -0.1) is 0 Å². The van der Waals surface area contributed by atoms with Gasteiger partial charge in [0.15, 0.2) is 0 Å². The molecule has 6 nitrogen and oxygen atoms in total. The van der Waals surface area contributed by atoms with Gasteiger partial charge in [0.2, 0.25) is 0 Å². The van der Waals surface area contributed by atoms with Crippen molar-refractivity contribution in [2.24, 2.45) is 0 Å². The second kappa shape index (κ2) is 10.2. The van der Waals surface area contributed by atoms with Gasteiger partial charge in [-0.1, -0.05) is 0 Å². The van der Waals surface area contributed by atoms with E-state index in [0.29, 0.717) is 30.9 Å². The summed E-state index contributed by atoms with van der Waals surface area (Å²) in [7, 11) is -3.88. The van der Waals surface area contributed by atoms with Crippen LogP contribution in [0.4, 0.5) is 14.5 Å². The number of nitrogens with one attached hydrogen (secondary N) is 2. The van der Waals surface area contributed by atoms with E-state index in [1.54, 1.807) is 0 Å². The first-order valence-electron chi connectivity index (χ1n) is 9.80. The lowest BCUT2D eigenvalue weighted by Gasteiger charge is -2.10. The molecule has 0 aromatic heterocycles. The number of amides is 1. The summed E-state index contributed by atoms with van der Waals surface area (Å²) >= 11 is 0. The fourth-order valence-corrected chi connectivity index (χ4v) is 3.93. The summed E-state index contributed by atoms with van der Waals surface area (Å²) in [6.07, 6.45) is 0.554. The number of halogens is 2. The standard InChI is InChI=1S/C23H22F2N2O4S/c1-16-15-21(11-12-22(16)25)32(29,30)27-19-7-3-17(4-8-19)23(28)26-13-2-14-31-20-9-5-18(24)6-10-20/h3-12,15,27H,2,13-14H2,1H3,(H,26,28). The minimum Gasteiger partial charge on any atom is -0.494 e. The summed E-state index contributed by atoms with van der Waals surface area (Å²) in [6, 6.07) is 15.1. The zero-order valence-corrected chi connectivity index (χ0v) is 18.1. The molecule has 0 saturated heterocycles. The van der Waals surface area contributed by atoms with Crippen molar-refractivity contribution in [3.63, 3.8) is 0 Å². The predicted molar refractivity (Wildman–Crippen MR) is 117 cm³/mol. The lowest BCUT2D eigenvalue weighted by atomic mass is 10.2. The summed E-state index contributed by atoms with van der Waals surface area (Å²) in [5, 5.41) is 2.75. The Balaban J connectivity index is 1.48. The van der Waals surface area contributed by atoms with Crippen molar-refractivity contribution in [3.8, 4) is 5.75 Å². The van der Waals surface area contributed by atoms with Gasteiger partial charge in [-0.3, -0.25) is 9.52 Å². The molecule has 0 fully saturated rings. The molecule has 0 atom stereocenters. The van der Waals surface area contributed by atoms with Gasteiger partial charge in [-0.05, 0) is 85.6 Å². The molecule has 0 radical (unpaired) electrons. The Hall–Kier alpha value is -3.46.